The van der Waals surface area contributed by atoms with E-state index in [0.717, 1.165) is 28.7 Å². The first-order chi connectivity index (χ1) is 14.6. The number of Topliss-reactive ketones (excluding diaryl/α,β-unsaturated/α-hetero) is 1. The molecule has 0 radical (unpaired) electrons. The van der Waals surface area contributed by atoms with Crippen LogP contribution in [-0.2, 0) is 4.79 Å². The van der Waals surface area contributed by atoms with Crippen molar-refractivity contribution in [3.05, 3.63) is 107 Å². The summed E-state index contributed by atoms with van der Waals surface area (Å²) in [6.45, 7) is 0. The van der Waals surface area contributed by atoms with E-state index < -0.39 is 17.7 Å². The third-order valence-corrected chi connectivity index (χ3v) is 5.86. The number of allylic oxidation sites excluding steroid dienone is 1. The lowest BCUT2D eigenvalue weighted by molar-refractivity contribution is -0.116. The molecule has 0 saturated carbocycles. The molecule has 5 heteroatoms. The van der Waals surface area contributed by atoms with Crippen molar-refractivity contribution in [3.63, 3.8) is 0 Å². The molecule has 0 amide bonds. The quantitative estimate of drug-likeness (QED) is 0.557. The summed E-state index contributed by atoms with van der Waals surface area (Å²) in [5.74, 6) is -1.75. The predicted molar refractivity (Wildman–Crippen MR) is 113 cm³/mol. The average Bonchev–Trinajstić information content (AvgIpc) is 2.93. The normalized spacial score (nSPS) is 20.5. The number of benzene rings is 3. The van der Waals surface area contributed by atoms with Crippen molar-refractivity contribution in [1.29, 1.82) is 0 Å². The highest BCUT2D eigenvalue weighted by Gasteiger charge is 2.36. The van der Waals surface area contributed by atoms with Gasteiger partial charge in [-0.1, -0.05) is 48.5 Å². The van der Waals surface area contributed by atoms with Crippen LogP contribution in [0.2, 0.25) is 0 Å². The molecule has 0 saturated heterocycles. The Morgan fingerprint density at radius 1 is 0.767 bits per heavy atom. The molecule has 2 aliphatic rings. The van der Waals surface area contributed by atoms with Crippen LogP contribution in [0, 0.1) is 11.6 Å². The van der Waals surface area contributed by atoms with Crippen molar-refractivity contribution in [2.24, 2.45) is 0 Å². The van der Waals surface area contributed by atoms with Gasteiger partial charge in [-0.2, -0.15) is 0 Å². The predicted octanol–water partition coefficient (Wildman–Crippen LogP) is 5.94. The fraction of sp³-hybridized carbons (Fsp3) is 0.160. The topological polar surface area (TPSA) is 41.1 Å². The van der Waals surface area contributed by atoms with Crippen molar-refractivity contribution >= 4 is 17.2 Å². The second-order valence-corrected chi connectivity index (χ2v) is 7.75. The van der Waals surface area contributed by atoms with Crippen molar-refractivity contribution in [2.45, 2.75) is 24.8 Å². The number of rotatable bonds is 2. The maximum absolute atomic E-state index is 14.0. The van der Waals surface area contributed by atoms with Gasteiger partial charge in [0, 0.05) is 17.7 Å². The van der Waals surface area contributed by atoms with Crippen LogP contribution < -0.4 is 10.6 Å². The van der Waals surface area contributed by atoms with Crippen LogP contribution in [0.5, 0.6) is 0 Å². The summed E-state index contributed by atoms with van der Waals surface area (Å²) in [5.41, 5.74) is 4.72. The van der Waals surface area contributed by atoms with Crippen LogP contribution in [0.15, 0.2) is 84.1 Å². The van der Waals surface area contributed by atoms with Crippen molar-refractivity contribution in [3.8, 4) is 0 Å². The van der Waals surface area contributed by atoms with E-state index in [2.05, 4.69) is 10.6 Å². The number of hydrogen-bond acceptors (Lipinski definition) is 3. The summed E-state index contributed by atoms with van der Waals surface area (Å²) in [7, 11) is 0. The zero-order valence-electron chi connectivity index (χ0n) is 16.2. The SMILES string of the molecule is O=C1C[C@@H](c2ccccc2)CC2=C1[C@H](c1ccc(F)c(F)c1)Nc1ccccc1N2. The maximum Gasteiger partial charge on any atom is 0.163 e. The van der Waals surface area contributed by atoms with Crippen molar-refractivity contribution < 1.29 is 13.6 Å². The third-order valence-electron chi connectivity index (χ3n) is 5.86. The minimum atomic E-state index is -0.924. The zero-order chi connectivity index (χ0) is 20.7. The number of anilines is 2. The zero-order valence-corrected chi connectivity index (χ0v) is 16.2. The molecule has 0 aromatic heterocycles. The van der Waals surface area contributed by atoms with Gasteiger partial charge in [-0.25, -0.2) is 8.78 Å². The summed E-state index contributed by atoms with van der Waals surface area (Å²) in [5, 5.41) is 6.82. The summed E-state index contributed by atoms with van der Waals surface area (Å²) in [4.78, 5) is 13.3. The molecule has 3 nitrogen and oxygen atoms in total. The van der Waals surface area contributed by atoms with Gasteiger partial charge < -0.3 is 10.6 Å². The van der Waals surface area contributed by atoms with Crippen molar-refractivity contribution in [1.82, 2.24) is 0 Å². The Morgan fingerprint density at radius 2 is 1.50 bits per heavy atom. The monoisotopic (exact) mass is 402 g/mol. The van der Waals surface area contributed by atoms with Gasteiger partial charge in [0.25, 0.3) is 0 Å². The van der Waals surface area contributed by atoms with E-state index >= 15 is 0 Å². The van der Waals surface area contributed by atoms with E-state index in [4.69, 9.17) is 0 Å². The van der Waals surface area contributed by atoms with Gasteiger partial charge in [0.05, 0.1) is 17.4 Å². The van der Waals surface area contributed by atoms with Crippen LogP contribution in [0.1, 0.15) is 35.9 Å². The Labute approximate surface area is 173 Å². The van der Waals surface area contributed by atoms with Gasteiger partial charge in [-0.3, -0.25) is 4.79 Å². The Bertz CT molecular complexity index is 1160. The third kappa shape index (κ3) is 3.26. The Balaban J connectivity index is 1.63. The molecule has 30 heavy (non-hydrogen) atoms. The molecule has 0 unspecified atom stereocenters. The minimum absolute atomic E-state index is 0.00708. The molecular formula is C25H20F2N2O. The molecule has 1 aliphatic heterocycles. The highest BCUT2D eigenvalue weighted by Crippen LogP contribution is 2.44. The van der Waals surface area contributed by atoms with Crippen molar-refractivity contribution in [2.75, 3.05) is 10.6 Å². The first kappa shape index (κ1) is 18.6. The molecule has 150 valence electrons. The smallest absolute Gasteiger partial charge is 0.163 e. The number of para-hydroxylation sites is 2. The lowest BCUT2D eigenvalue weighted by Crippen LogP contribution is -2.27. The van der Waals surface area contributed by atoms with E-state index in [1.165, 1.54) is 12.1 Å². The van der Waals surface area contributed by atoms with E-state index in [1.807, 2.05) is 54.6 Å². The van der Waals surface area contributed by atoms with Crippen LogP contribution in [-0.4, -0.2) is 5.78 Å². The van der Waals surface area contributed by atoms with E-state index in [1.54, 1.807) is 0 Å². The molecule has 3 aromatic rings. The first-order valence-electron chi connectivity index (χ1n) is 9.99. The molecule has 0 bridgehead atoms. The molecule has 1 aliphatic carbocycles. The highest BCUT2D eigenvalue weighted by atomic mass is 19.2. The minimum Gasteiger partial charge on any atom is -0.372 e. The molecule has 0 fully saturated rings. The number of hydrogen-bond donors (Lipinski definition) is 2. The van der Waals surface area contributed by atoms with Gasteiger partial charge in [0.2, 0.25) is 0 Å². The van der Waals surface area contributed by atoms with E-state index in [9.17, 15) is 13.6 Å². The fourth-order valence-corrected chi connectivity index (χ4v) is 4.40. The van der Waals surface area contributed by atoms with E-state index in [-0.39, 0.29) is 11.7 Å². The molecule has 0 spiro atoms. The molecule has 2 atom stereocenters. The largest absolute Gasteiger partial charge is 0.372 e. The van der Waals surface area contributed by atoms with Gasteiger partial charge in [-0.05, 0) is 47.7 Å². The van der Waals surface area contributed by atoms with Crippen LogP contribution in [0.3, 0.4) is 0 Å². The Kier molecular flexibility index (Phi) is 4.58. The second kappa shape index (κ2) is 7.41. The van der Waals surface area contributed by atoms with Crippen LogP contribution in [0.4, 0.5) is 20.2 Å². The number of carbonyl (C=O) groups excluding carboxylic acids is 1. The molecule has 1 heterocycles. The number of ketones is 1. The molecule has 5 rings (SSSR count). The van der Waals surface area contributed by atoms with Crippen LogP contribution in [0.25, 0.3) is 0 Å². The lowest BCUT2D eigenvalue weighted by atomic mass is 9.78. The average molecular weight is 402 g/mol. The van der Waals surface area contributed by atoms with Crippen LogP contribution >= 0.6 is 0 Å². The summed E-state index contributed by atoms with van der Waals surface area (Å²) >= 11 is 0. The maximum atomic E-state index is 14.0. The van der Waals surface area contributed by atoms with Gasteiger partial charge in [-0.15, -0.1) is 0 Å². The summed E-state index contributed by atoms with van der Waals surface area (Å²) < 4.78 is 27.6. The number of halogens is 2. The number of carbonyl (C=O) groups is 1. The van der Waals surface area contributed by atoms with E-state index in [0.29, 0.717) is 24.0 Å². The van der Waals surface area contributed by atoms with Gasteiger partial charge >= 0.3 is 0 Å². The lowest BCUT2D eigenvalue weighted by Gasteiger charge is -2.30. The standard InChI is InChI=1S/C25H20F2N2O/c26-18-11-10-16(12-19(18)27)25-24-22(28-20-8-4-5-9-21(20)29-25)13-17(14-23(24)30)15-6-2-1-3-7-15/h1-12,17,25,28-29H,13-14H2/t17-,25-/m0/s1. The number of fused-ring (bicyclic) bond motifs is 1. The van der Waals surface area contributed by atoms with Gasteiger partial charge in [0.1, 0.15) is 0 Å². The molecule has 3 aromatic carbocycles. The molecular weight excluding hydrogens is 382 g/mol. The Hall–Kier alpha value is -3.47. The highest BCUT2D eigenvalue weighted by molar-refractivity contribution is 6.01. The summed E-state index contributed by atoms with van der Waals surface area (Å²) in [6, 6.07) is 20.9. The molecule has 2 N–H and O–H groups in total. The number of nitrogens with one attached hydrogen (secondary N) is 2. The first-order valence-corrected chi connectivity index (χ1v) is 9.99. The summed E-state index contributed by atoms with van der Waals surface area (Å²) in [6.07, 6.45) is 1.05. The Morgan fingerprint density at radius 3 is 2.27 bits per heavy atom. The fourth-order valence-electron chi connectivity index (χ4n) is 4.40. The van der Waals surface area contributed by atoms with Gasteiger partial charge in [0.15, 0.2) is 17.4 Å². The second-order valence-electron chi connectivity index (χ2n) is 7.75.